The number of aryl methyl sites for hydroxylation is 1. The second kappa shape index (κ2) is 8.08. The van der Waals surface area contributed by atoms with Gasteiger partial charge in [0.25, 0.3) is 0 Å². The van der Waals surface area contributed by atoms with Gasteiger partial charge in [-0.15, -0.1) is 0 Å². The van der Waals surface area contributed by atoms with Crippen LogP contribution in [-0.4, -0.2) is 25.9 Å². The van der Waals surface area contributed by atoms with Crippen LogP contribution in [0.15, 0.2) is 24.3 Å². The molecule has 1 rings (SSSR count). The first-order chi connectivity index (χ1) is 8.71. The SMILES string of the molecule is CCOC(C)C(CCc1ccc(OC)cc1)NN. The molecule has 0 fully saturated rings. The first-order valence-electron chi connectivity index (χ1n) is 6.42. The predicted molar refractivity (Wildman–Crippen MR) is 73.5 cm³/mol. The number of rotatable bonds is 8. The Balaban J connectivity index is 2.46. The minimum absolute atomic E-state index is 0.123. The van der Waals surface area contributed by atoms with E-state index < -0.39 is 0 Å². The summed E-state index contributed by atoms with van der Waals surface area (Å²) in [7, 11) is 1.67. The summed E-state index contributed by atoms with van der Waals surface area (Å²) in [5.41, 5.74) is 4.11. The lowest BCUT2D eigenvalue weighted by Gasteiger charge is -2.23. The molecule has 2 unspecified atom stereocenters. The molecular weight excluding hydrogens is 228 g/mol. The van der Waals surface area contributed by atoms with E-state index in [1.165, 1.54) is 5.56 Å². The summed E-state index contributed by atoms with van der Waals surface area (Å²) < 4.78 is 10.7. The molecule has 0 saturated heterocycles. The summed E-state index contributed by atoms with van der Waals surface area (Å²) in [6.45, 7) is 4.75. The van der Waals surface area contributed by atoms with Crippen LogP contribution in [0.1, 0.15) is 25.8 Å². The molecule has 1 aromatic carbocycles. The zero-order valence-electron chi connectivity index (χ0n) is 11.5. The molecule has 4 nitrogen and oxygen atoms in total. The van der Waals surface area contributed by atoms with Gasteiger partial charge in [0.05, 0.1) is 13.2 Å². The summed E-state index contributed by atoms with van der Waals surface area (Å²) in [6, 6.07) is 8.29. The van der Waals surface area contributed by atoms with Crippen LogP contribution >= 0.6 is 0 Å². The smallest absolute Gasteiger partial charge is 0.118 e. The van der Waals surface area contributed by atoms with Crippen LogP contribution in [0.25, 0.3) is 0 Å². The third kappa shape index (κ3) is 4.64. The summed E-state index contributed by atoms with van der Waals surface area (Å²) in [6.07, 6.45) is 2.04. The van der Waals surface area contributed by atoms with Crippen molar-refractivity contribution in [3.63, 3.8) is 0 Å². The van der Waals surface area contributed by atoms with E-state index in [0.29, 0.717) is 6.61 Å². The van der Waals surface area contributed by atoms with E-state index in [-0.39, 0.29) is 12.1 Å². The zero-order valence-corrected chi connectivity index (χ0v) is 11.5. The van der Waals surface area contributed by atoms with E-state index in [1.807, 2.05) is 26.0 Å². The maximum absolute atomic E-state index is 5.56. The Kier molecular flexibility index (Phi) is 6.72. The minimum Gasteiger partial charge on any atom is -0.497 e. The van der Waals surface area contributed by atoms with E-state index in [4.69, 9.17) is 15.3 Å². The van der Waals surface area contributed by atoms with Crippen molar-refractivity contribution in [1.82, 2.24) is 5.43 Å². The number of hydrogen-bond donors (Lipinski definition) is 2. The zero-order chi connectivity index (χ0) is 13.4. The van der Waals surface area contributed by atoms with Gasteiger partial charge in [-0.2, -0.15) is 0 Å². The van der Waals surface area contributed by atoms with Crippen LogP contribution in [-0.2, 0) is 11.2 Å². The monoisotopic (exact) mass is 252 g/mol. The van der Waals surface area contributed by atoms with Crippen molar-refractivity contribution in [3.8, 4) is 5.75 Å². The highest BCUT2D eigenvalue weighted by molar-refractivity contribution is 5.27. The number of nitrogens with one attached hydrogen (secondary N) is 1. The molecule has 0 aliphatic rings. The highest BCUT2D eigenvalue weighted by Crippen LogP contribution is 2.14. The first kappa shape index (κ1) is 15.0. The van der Waals surface area contributed by atoms with Gasteiger partial charge in [-0.1, -0.05) is 12.1 Å². The molecule has 3 N–H and O–H groups in total. The second-order valence-corrected chi connectivity index (χ2v) is 4.32. The van der Waals surface area contributed by atoms with Crippen molar-refractivity contribution in [3.05, 3.63) is 29.8 Å². The van der Waals surface area contributed by atoms with Gasteiger partial charge >= 0.3 is 0 Å². The molecule has 2 atom stereocenters. The number of benzene rings is 1. The van der Waals surface area contributed by atoms with Crippen molar-refractivity contribution in [2.75, 3.05) is 13.7 Å². The quantitative estimate of drug-likeness (QED) is 0.548. The van der Waals surface area contributed by atoms with E-state index in [0.717, 1.165) is 18.6 Å². The Labute approximate surface area is 109 Å². The standard InChI is InChI=1S/C14H24N2O2/c1-4-18-11(2)14(16-15)10-7-12-5-8-13(17-3)9-6-12/h5-6,8-9,11,14,16H,4,7,10,15H2,1-3H3. The van der Waals surface area contributed by atoms with Gasteiger partial charge in [-0.3, -0.25) is 11.3 Å². The lowest BCUT2D eigenvalue weighted by atomic mass is 10.0. The van der Waals surface area contributed by atoms with E-state index in [2.05, 4.69) is 17.6 Å². The molecule has 0 spiro atoms. The van der Waals surface area contributed by atoms with E-state index in [1.54, 1.807) is 7.11 Å². The molecule has 0 aromatic heterocycles. The Bertz CT molecular complexity index is 327. The van der Waals surface area contributed by atoms with Crippen LogP contribution in [0.5, 0.6) is 5.75 Å². The highest BCUT2D eigenvalue weighted by atomic mass is 16.5. The summed E-state index contributed by atoms with van der Waals surface area (Å²) in [4.78, 5) is 0. The predicted octanol–water partition coefficient (Wildman–Crippen LogP) is 1.88. The van der Waals surface area contributed by atoms with Gasteiger partial charge in [-0.25, -0.2) is 0 Å². The van der Waals surface area contributed by atoms with E-state index in [9.17, 15) is 0 Å². The lowest BCUT2D eigenvalue weighted by molar-refractivity contribution is 0.0453. The van der Waals surface area contributed by atoms with Crippen molar-refractivity contribution in [1.29, 1.82) is 0 Å². The molecule has 0 bridgehead atoms. The van der Waals surface area contributed by atoms with Gasteiger partial charge in [-0.05, 0) is 44.4 Å². The normalized spacial score (nSPS) is 14.2. The van der Waals surface area contributed by atoms with Crippen LogP contribution in [0, 0.1) is 0 Å². The molecule has 1 aromatic rings. The third-order valence-electron chi connectivity index (χ3n) is 3.11. The number of hydrazine groups is 1. The van der Waals surface area contributed by atoms with Crippen LogP contribution in [0.4, 0.5) is 0 Å². The molecule has 0 aliphatic carbocycles. The number of ether oxygens (including phenoxy) is 2. The van der Waals surface area contributed by atoms with Gasteiger partial charge < -0.3 is 9.47 Å². The maximum Gasteiger partial charge on any atom is 0.118 e. The Morgan fingerprint density at radius 1 is 1.28 bits per heavy atom. The topological polar surface area (TPSA) is 56.5 Å². The molecular formula is C14H24N2O2. The maximum atomic E-state index is 5.56. The molecule has 102 valence electrons. The first-order valence-corrected chi connectivity index (χ1v) is 6.42. The average molecular weight is 252 g/mol. The second-order valence-electron chi connectivity index (χ2n) is 4.32. The van der Waals surface area contributed by atoms with E-state index >= 15 is 0 Å². The van der Waals surface area contributed by atoms with Crippen LogP contribution < -0.4 is 16.0 Å². The third-order valence-corrected chi connectivity index (χ3v) is 3.11. The molecule has 0 saturated carbocycles. The highest BCUT2D eigenvalue weighted by Gasteiger charge is 2.15. The van der Waals surface area contributed by atoms with Crippen molar-refractivity contribution < 1.29 is 9.47 Å². The van der Waals surface area contributed by atoms with Gasteiger partial charge in [0.2, 0.25) is 0 Å². The van der Waals surface area contributed by atoms with Gasteiger partial charge in [0.15, 0.2) is 0 Å². The number of hydrogen-bond acceptors (Lipinski definition) is 4. The fraction of sp³-hybridized carbons (Fsp3) is 0.571. The van der Waals surface area contributed by atoms with Crippen molar-refractivity contribution in [2.24, 2.45) is 5.84 Å². The van der Waals surface area contributed by atoms with Crippen LogP contribution in [0.3, 0.4) is 0 Å². The minimum atomic E-state index is 0.123. The number of methoxy groups -OCH3 is 1. The average Bonchev–Trinajstić information content (AvgIpc) is 2.40. The van der Waals surface area contributed by atoms with Gasteiger partial charge in [0, 0.05) is 12.6 Å². The Morgan fingerprint density at radius 2 is 1.94 bits per heavy atom. The van der Waals surface area contributed by atoms with Crippen LogP contribution in [0.2, 0.25) is 0 Å². The molecule has 18 heavy (non-hydrogen) atoms. The molecule has 4 heteroatoms. The van der Waals surface area contributed by atoms with Gasteiger partial charge in [0.1, 0.15) is 5.75 Å². The number of nitrogens with two attached hydrogens (primary N) is 1. The summed E-state index contributed by atoms with van der Waals surface area (Å²) in [5, 5.41) is 0. The largest absolute Gasteiger partial charge is 0.497 e. The summed E-state index contributed by atoms with van der Waals surface area (Å²) in [5.74, 6) is 6.45. The lowest BCUT2D eigenvalue weighted by Crippen LogP contribution is -2.44. The molecule has 0 amide bonds. The Morgan fingerprint density at radius 3 is 2.44 bits per heavy atom. The fourth-order valence-corrected chi connectivity index (χ4v) is 1.95. The van der Waals surface area contributed by atoms with Crippen molar-refractivity contribution in [2.45, 2.75) is 38.8 Å². The summed E-state index contributed by atoms with van der Waals surface area (Å²) >= 11 is 0. The fourth-order valence-electron chi connectivity index (χ4n) is 1.95. The Hall–Kier alpha value is -1.10. The molecule has 0 aliphatic heterocycles. The molecule has 0 radical (unpaired) electrons. The molecule has 0 heterocycles. The van der Waals surface area contributed by atoms with Crippen molar-refractivity contribution >= 4 is 0 Å².